The first-order valence-electron chi connectivity index (χ1n) is 7.11. The quantitative estimate of drug-likeness (QED) is 0.867. The van der Waals surface area contributed by atoms with E-state index < -0.39 is 0 Å². The van der Waals surface area contributed by atoms with Crippen LogP contribution in [0.5, 0.6) is 0 Å². The molecule has 0 aromatic carbocycles. The molecule has 0 unspecified atom stereocenters. The van der Waals surface area contributed by atoms with Gasteiger partial charge >= 0.3 is 0 Å². The largest absolute Gasteiger partial charge is 0.342 e. The van der Waals surface area contributed by atoms with Crippen LogP contribution in [-0.2, 0) is 6.54 Å². The molecule has 1 saturated heterocycles. The van der Waals surface area contributed by atoms with Gasteiger partial charge in [-0.2, -0.15) is 0 Å². The third-order valence-corrected chi connectivity index (χ3v) is 3.65. The second-order valence-electron chi connectivity index (χ2n) is 5.76. The molecule has 1 aliphatic rings. The lowest BCUT2D eigenvalue weighted by Gasteiger charge is -2.33. The molecule has 102 valence electrons. The van der Waals surface area contributed by atoms with E-state index in [9.17, 15) is 0 Å². The lowest BCUT2D eigenvalue weighted by Crippen LogP contribution is -2.38. The van der Waals surface area contributed by atoms with Gasteiger partial charge in [0.2, 0.25) is 5.95 Å². The fraction of sp³-hybridized carbons (Fsp3) is 0.786. The Kier molecular flexibility index (Phi) is 4.64. The number of aromatic nitrogens is 2. The molecule has 0 saturated carbocycles. The van der Waals surface area contributed by atoms with E-state index in [0.717, 1.165) is 38.0 Å². The highest BCUT2D eigenvalue weighted by molar-refractivity contribution is 5.31. The first-order chi connectivity index (χ1) is 8.70. The Hall–Kier alpha value is -1.03. The predicted octanol–water partition coefficient (Wildman–Crippen LogP) is 1.97. The average Bonchev–Trinajstić information content (AvgIpc) is 2.78. The Morgan fingerprint density at radius 3 is 2.72 bits per heavy atom. The summed E-state index contributed by atoms with van der Waals surface area (Å²) in [6, 6.07) is 0. The van der Waals surface area contributed by atoms with Crippen molar-refractivity contribution in [1.82, 2.24) is 14.9 Å². The fourth-order valence-electron chi connectivity index (χ4n) is 2.75. The van der Waals surface area contributed by atoms with E-state index in [4.69, 9.17) is 0 Å². The van der Waals surface area contributed by atoms with Crippen molar-refractivity contribution in [1.29, 1.82) is 0 Å². The first kappa shape index (κ1) is 13.4. The smallest absolute Gasteiger partial charge is 0.205 e. The van der Waals surface area contributed by atoms with E-state index in [-0.39, 0.29) is 0 Å². The Morgan fingerprint density at radius 2 is 2.11 bits per heavy atom. The van der Waals surface area contributed by atoms with Crippen molar-refractivity contribution in [3.63, 3.8) is 0 Å². The van der Waals surface area contributed by atoms with Crippen molar-refractivity contribution < 1.29 is 0 Å². The molecule has 0 spiro atoms. The molecule has 0 bridgehead atoms. The van der Waals surface area contributed by atoms with Crippen LogP contribution in [0.25, 0.3) is 0 Å². The molecule has 0 atom stereocenters. The molecule has 0 amide bonds. The highest BCUT2D eigenvalue weighted by Gasteiger charge is 2.21. The summed E-state index contributed by atoms with van der Waals surface area (Å²) in [6.45, 7) is 8.99. The van der Waals surface area contributed by atoms with Crippen molar-refractivity contribution in [2.24, 2.45) is 11.8 Å². The van der Waals surface area contributed by atoms with Gasteiger partial charge in [-0.15, -0.1) is 0 Å². The SMILES string of the molecule is CNCC1CCN(c2nccn2CC(C)C)CC1. The molecule has 4 nitrogen and oxygen atoms in total. The van der Waals surface area contributed by atoms with Gasteiger partial charge in [0.25, 0.3) is 0 Å². The average molecular weight is 250 g/mol. The lowest BCUT2D eigenvalue weighted by atomic mass is 9.97. The number of hydrogen-bond acceptors (Lipinski definition) is 3. The van der Waals surface area contributed by atoms with Gasteiger partial charge in [0.15, 0.2) is 0 Å². The van der Waals surface area contributed by atoms with Gasteiger partial charge in [0.05, 0.1) is 0 Å². The summed E-state index contributed by atoms with van der Waals surface area (Å²) in [5.41, 5.74) is 0. The third-order valence-electron chi connectivity index (χ3n) is 3.65. The van der Waals surface area contributed by atoms with Crippen molar-refractivity contribution in [3.8, 4) is 0 Å². The number of nitrogens with zero attached hydrogens (tertiary/aromatic N) is 3. The Balaban J connectivity index is 1.95. The lowest BCUT2D eigenvalue weighted by molar-refractivity contribution is 0.386. The molecule has 1 aromatic heterocycles. The number of imidazole rings is 1. The number of rotatable bonds is 5. The number of nitrogens with one attached hydrogen (secondary N) is 1. The summed E-state index contributed by atoms with van der Waals surface area (Å²) in [5.74, 6) is 2.66. The topological polar surface area (TPSA) is 33.1 Å². The zero-order chi connectivity index (χ0) is 13.0. The van der Waals surface area contributed by atoms with Crippen LogP contribution in [0.3, 0.4) is 0 Å². The monoisotopic (exact) mass is 250 g/mol. The summed E-state index contributed by atoms with van der Waals surface area (Å²) in [4.78, 5) is 6.98. The standard InChI is InChI=1S/C14H26N4/c1-12(2)11-18-9-6-16-14(18)17-7-4-13(5-8-17)10-15-3/h6,9,12-13,15H,4-5,7-8,10-11H2,1-3H3. The van der Waals surface area contributed by atoms with Crippen LogP contribution < -0.4 is 10.2 Å². The van der Waals surface area contributed by atoms with E-state index in [0.29, 0.717) is 5.92 Å². The van der Waals surface area contributed by atoms with Gasteiger partial charge in [0.1, 0.15) is 0 Å². The zero-order valence-electron chi connectivity index (χ0n) is 11.9. The highest BCUT2D eigenvalue weighted by atomic mass is 15.3. The molecular weight excluding hydrogens is 224 g/mol. The van der Waals surface area contributed by atoms with Crippen LogP contribution in [0, 0.1) is 11.8 Å². The van der Waals surface area contributed by atoms with Gasteiger partial charge in [-0.25, -0.2) is 4.98 Å². The minimum Gasteiger partial charge on any atom is -0.342 e. The van der Waals surface area contributed by atoms with Crippen molar-refractivity contribution in [3.05, 3.63) is 12.4 Å². The Bertz CT molecular complexity index is 350. The third kappa shape index (κ3) is 3.25. The Labute approximate surface area is 110 Å². The van der Waals surface area contributed by atoms with Crippen molar-refractivity contribution in [2.45, 2.75) is 33.2 Å². The van der Waals surface area contributed by atoms with Crippen LogP contribution in [0.1, 0.15) is 26.7 Å². The van der Waals surface area contributed by atoms with Gasteiger partial charge < -0.3 is 14.8 Å². The normalized spacial score (nSPS) is 17.7. The molecule has 1 aliphatic heterocycles. The van der Waals surface area contributed by atoms with Gasteiger partial charge in [-0.1, -0.05) is 13.8 Å². The molecule has 18 heavy (non-hydrogen) atoms. The molecule has 0 radical (unpaired) electrons. The number of piperidine rings is 1. The van der Waals surface area contributed by atoms with E-state index in [1.54, 1.807) is 0 Å². The Morgan fingerprint density at radius 1 is 1.39 bits per heavy atom. The molecule has 1 aromatic rings. The maximum Gasteiger partial charge on any atom is 0.205 e. The fourth-order valence-corrected chi connectivity index (χ4v) is 2.75. The number of hydrogen-bond donors (Lipinski definition) is 1. The maximum absolute atomic E-state index is 4.54. The van der Waals surface area contributed by atoms with E-state index in [2.05, 4.69) is 39.8 Å². The van der Waals surface area contributed by atoms with Crippen LogP contribution >= 0.6 is 0 Å². The van der Waals surface area contributed by atoms with Crippen LogP contribution in [0.15, 0.2) is 12.4 Å². The molecule has 2 rings (SSSR count). The van der Waals surface area contributed by atoms with E-state index in [1.165, 1.54) is 12.8 Å². The van der Waals surface area contributed by atoms with Crippen LogP contribution in [0.2, 0.25) is 0 Å². The molecule has 2 heterocycles. The zero-order valence-corrected chi connectivity index (χ0v) is 11.9. The summed E-state index contributed by atoms with van der Waals surface area (Å²) in [7, 11) is 2.04. The molecule has 1 N–H and O–H groups in total. The van der Waals surface area contributed by atoms with Gasteiger partial charge in [-0.05, 0) is 38.3 Å². The molecule has 4 heteroatoms. The first-order valence-corrected chi connectivity index (χ1v) is 7.11. The summed E-state index contributed by atoms with van der Waals surface area (Å²) < 4.78 is 2.29. The second kappa shape index (κ2) is 6.23. The highest BCUT2D eigenvalue weighted by Crippen LogP contribution is 2.22. The van der Waals surface area contributed by atoms with E-state index >= 15 is 0 Å². The second-order valence-corrected chi connectivity index (χ2v) is 5.76. The van der Waals surface area contributed by atoms with Gasteiger partial charge in [-0.3, -0.25) is 0 Å². The minimum absolute atomic E-state index is 0.666. The molecule has 1 fully saturated rings. The van der Waals surface area contributed by atoms with Crippen LogP contribution in [0.4, 0.5) is 5.95 Å². The predicted molar refractivity (Wildman–Crippen MR) is 75.9 cm³/mol. The minimum atomic E-state index is 0.666. The summed E-state index contributed by atoms with van der Waals surface area (Å²) >= 11 is 0. The summed E-state index contributed by atoms with van der Waals surface area (Å²) in [5, 5.41) is 3.29. The van der Waals surface area contributed by atoms with E-state index in [1.807, 2.05) is 13.2 Å². The molecule has 0 aliphatic carbocycles. The number of anilines is 1. The summed E-state index contributed by atoms with van der Waals surface area (Å²) in [6.07, 6.45) is 6.58. The van der Waals surface area contributed by atoms with Crippen LogP contribution in [-0.4, -0.2) is 36.2 Å². The van der Waals surface area contributed by atoms with Crippen molar-refractivity contribution >= 4 is 5.95 Å². The van der Waals surface area contributed by atoms with Crippen molar-refractivity contribution in [2.75, 3.05) is 31.6 Å². The maximum atomic E-state index is 4.54. The molecular formula is C14H26N4. The van der Waals surface area contributed by atoms with Gasteiger partial charge in [0, 0.05) is 32.0 Å².